The first-order valence-electron chi connectivity index (χ1n) is 9.98. The minimum Gasteiger partial charge on any atom is -0.425 e. The Morgan fingerprint density at radius 1 is 1.06 bits per heavy atom. The van der Waals surface area contributed by atoms with E-state index >= 15 is 0 Å². The molecule has 0 bridgehead atoms. The van der Waals surface area contributed by atoms with Gasteiger partial charge in [-0.05, 0) is 24.1 Å². The lowest BCUT2D eigenvalue weighted by atomic mass is 10.2. The van der Waals surface area contributed by atoms with Crippen LogP contribution in [-0.4, -0.2) is 30.4 Å². The predicted molar refractivity (Wildman–Crippen MR) is 118 cm³/mol. The normalized spacial score (nSPS) is 11.3. The minimum atomic E-state index is -0.843. The van der Waals surface area contributed by atoms with E-state index < -0.39 is 22.9 Å². The molecular weight excluding hydrogens is 458 g/mol. The fourth-order valence-corrected chi connectivity index (χ4v) is 3.59. The monoisotopic (exact) mass is 476 g/mol. The molecule has 0 atom stereocenters. The van der Waals surface area contributed by atoms with Crippen molar-refractivity contribution in [1.29, 1.82) is 0 Å². The molecule has 4 rings (SSSR count). The highest BCUT2D eigenvalue weighted by atomic mass is 35.5. The maximum Gasteiger partial charge on any atom is 0.332 e. The van der Waals surface area contributed by atoms with Gasteiger partial charge in [-0.25, -0.2) is 13.6 Å². The van der Waals surface area contributed by atoms with Crippen molar-refractivity contribution in [2.24, 2.45) is 7.05 Å². The summed E-state index contributed by atoms with van der Waals surface area (Å²) in [7, 11) is 1.45. The van der Waals surface area contributed by atoms with Gasteiger partial charge in [-0.3, -0.25) is 18.5 Å². The first-order chi connectivity index (χ1) is 15.8. The van der Waals surface area contributed by atoms with Gasteiger partial charge in [-0.1, -0.05) is 23.7 Å². The van der Waals surface area contributed by atoms with Gasteiger partial charge in [0, 0.05) is 43.4 Å². The summed E-state index contributed by atoms with van der Waals surface area (Å²) in [4.78, 5) is 30.3. The third-order valence-corrected chi connectivity index (χ3v) is 5.29. The van der Waals surface area contributed by atoms with E-state index in [1.807, 2.05) is 0 Å². The number of benzene rings is 2. The van der Waals surface area contributed by atoms with Crippen LogP contribution < -0.4 is 16.0 Å². The van der Waals surface area contributed by atoms with Gasteiger partial charge in [0.25, 0.3) is 5.56 Å². The summed E-state index contributed by atoms with van der Waals surface area (Å²) in [5.74, 6) is -1.85. The summed E-state index contributed by atoms with van der Waals surface area (Å²) in [6, 6.07) is 9.37. The van der Waals surface area contributed by atoms with E-state index in [9.17, 15) is 18.4 Å². The molecule has 0 aliphatic heterocycles. The summed E-state index contributed by atoms with van der Waals surface area (Å²) in [6.07, 6.45) is 0.206. The molecule has 0 spiro atoms. The predicted octanol–water partition coefficient (Wildman–Crippen LogP) is 3.05. The number of rotatable bonds is 7. The van der Waals surface area contributed by atoms with Gasteiger partial charge in [-0.2, -0.15) is 4.98 Å². The zero-order valence-corrected chi connectivity index (χ0v) is 18.2. The fraction of sp³-hybridized carbons (Fsp3) is 0.227. The van der Waals surface area contributed by atoms with Crippen molar-refractivity contribution in [3.05, 3.63) is 85.5 Å². The van der Waals surface area contributed by atoms with E-state index in [2.05, 4.69) is 4.98 Å². The molecule has 0 unspecified atom stereocenters. The molecule has 0 amide bonds. The molecular formula is C22H19ClF2N4O4. The second kappa shape index (κ2) is 9.16. The van der Waals surface area contributed by atoms with Gasteiger partial charge in [0.15, 0.2) is 11.2 Å². The summed E-state index contributed by atoms with van der Waals surface area (Å²) in [5.41, 5.74) is -0.379. The Kier molecular flexibility index (Phi) is 6.30. The highest BCUT2D eigenvalue weighted by Crippen LogP contribution is 2.26. The van der Waals surface area contributed by atoms with Crippen molar-refractivity contribution < 1.29 is 18.6 Å². The Labute approximate surface area is 190 Å². The number of nitrogens with zero attached hydrogens (tertiary/aromatic N) is 4. The van der Waals surface area contributed by atoms with Crippen molar-refractivity contribution in [3.63, 3.8) is 0 Å². The lowest BCUT2D eigenvalue weighted by molar-refractivity contribution is 0.277. The molecule has 2 aromatic heterocycles. The molecule has 172 valence electrons. The SMILES string of the molecule is Cn1c(=O)n(CCCO)c(=O)c2c1nc(Oc1cc(F)cc(F)c1)n2Cc1ccc(Cl)cc1. The lowest BCUT2D eigenvalue weighted by Gasteiger charge is -2.11. The Bertz CT molecular complexity index is 1420. The number of halogens is 3. The van der Waals surface area contributed by atoms with E-state index in [1.165, 1.54) is 16.2 Å². The number of ether oxygens (including phenoxy) is 1. The van der Waals surface area contributed by atoms with Crippen LogP contribution in [0.4, 0.5) is 8.78 Å². The molecule has 0 saturated heterocycles. The zero-order chi connectivity index (χ0) is 23.7. The maximum atomic E-state index is 13.7. The first-order valence-corrected chi connectivity index (χ1v) is 10.4. The number of aliphatic hydroxyl groups excluding tert-OH is 1. The number of hydrogen-bond acceptors (Lipinski definition) is 5. The average molecular weight is 477 g/mol. The molecule has 11 heteroatoms. The van der Waals surface area contributed by atoms with Gasteiger partial charge in [0.1, 0.15) is 17.4 Å². The number of hydrogen-bond donors (Lipinski definition) is 1. The number of imidazole rings is 1. The molecule has 0 aliphatic carbocycles. The lowest BCUT2D eigenvalue weighted by Crippen LogP contribution is -2.39. The van der Waals surface area contributed by atoms with E-state index in [4.69, 9.17) is 21.4 Å². The molecule has 0 fully saturated rings. The highest BCUT2D eigenvalue weighted by molar-refractivity contribution is 6.30. The molecule has 8 nitrogen and oxygen atoms in total. The van der Waals surface area contributed by atoms with Gasteiger partial charge in [0.2, 0.25) is 0 Å². The third-order valence-electron chi connectivity index (χ3n) is 5.04. The minimum absolute atomic E-state index is 0.00930. The summed E-state index contributed by atoms with van der Waals surface area (Å²) in [6.45, 7) is -0.0826. The van der Waals surface area contributed by atoms with Gasteiger partial charge >= 0.3 is 11.7 Å². The van der Waals surface area contributed by atoms with Gasteiger partial charge in [-0.15, -0.1) is 0 Å². The van der Waals surface area contributed by atoms with Crippen molar-refractivity contribution in [2.45, 2.75) is 19.5 Å². The summed E-state index contributed by atoms with van der Waals surface area (Å²) in [5, 5.41) is 9.67. The summed E-state index contributed by atoms with van der Waals surface area (Å²) < 4.78 is 36.7. The van der Waals surface area contributed by atoms with Crippen LogP contribution in [0.1, 0.15) is 12.0 Å². The number of aliphatic hydroxyl groups is 1. The zero-order valence-electron chi connectivity index (χ0n) is 17.5. The fourth-order valence-electron chi connectivity index (χ4n) is 3.47. The average Bonchev–Trinajstić information content (AvgIpc) is 3.11. The standard InChI is InChI=1S/C22H19ClF2N4O4/c1-27-19-18(20(31)28(22(27)32)7-2-8-30)29(12-13-3-5-14(23)6-4-13)21(26-19)33-17-10-15(24)9-16(25)11-17/h3-6,9-11,30H,2,7-8,12H2,1H3. The molecule has 33 heavy (non-hydrogen) atoms. The summed E-state index contributed by atoms with van der Waals surface area (Å²) >= 11 is 5.96. The Morgan fingerprint density at radius 2 is 1.73 bits per heavy atom. The van der Waals surface area contributed by atoms with Crippen LogP contribution in [0.3, 0.4) is 0 Å². The molecule has 0 saturated carbocycles. The van der Waals surface area contributed by atoms with Gasteiger partial charge in [0.05, 0.1) is 6.54 Å². The van der Waals surface area contributed by atoms with E-state index in [1.54, 1.807) is 24.3 Å². The topological polar surface area (TPSA) is 91.3 Å². The Balaban J connectivity index is 1.94. The van der Waals surface area contributed by atoms with Crippen LogP contribution in [0.5, 0.6) is 11.8 Å². The van der Waals surface area contributed by atoms with Crippen LogP contribution >= 0.6 is 11.6 Å². The molecule has 2 aromatic carbocycles. The van der Waals surface area contributed by atoms with Crippen LogP contribution in [0.2, 0.25) is 5.02 Å². The van der Waals surface area contributed by atoms with E-state index in [0.717, 1.165) is 22.3 Å². The second-order valence-corrected chi connectivity index (χ2v) is 7.80. The molecule has 1 N–H and O–H groups in total. The second-order valence-electron chi connectivity index (χ2n) is 7.36. The van der Waals surface area contributed by atoms with Crippen LogP contribution in [-0.2, 0) is 20.1 Å². The smallest absolute Gasteiger partial charge is 0.332 e. The largest absolute Gasteiger partial charge is 0.425 e. The first kappa shape index (κ1) is 22.7. The number of aryl methyl sites for hydroxylation is 1. The van der Waals surface area contributed by atoms with Crippen LogP contribution in [0.25, 0.3) is 11.2 Å². The quantitative estimate of drug-likeness (QED) is 0.442. The van der Waals surface area contributed by atoms with Crippen molar-refractivity contribution in [2.75, 3.05) is 6.61 Å². The molecule has 4 aromatic rings. The van der Waals surface area contributed by atoms with E-state index in [0.29, 0.717) is 11.1 Å². The van der Waals surface area contributed by atoms with Gasteiger partial charge < -0.3 is 9.84 Å². The van der Waals surface area contributed by atoms with Crippen molar-refractivity contribution in [3.8, 4) is 11.8 Å². The highest BCUT2D eigenvalue weighted by Gasteiger charge is 2.22. The van der Waals surface area contributed by atoms with Crippen molar-refractivity contribution >= 4 is 22.8 Å². The Morgan fingerprint density at radius 3 is 2.36 bits per heavy atom. The molecule has 2 heterocycles. The molecule has 0 radical (unpaired) electrons. The maximum absolute atomic E-state index is 13.7. The van der Waals surface area contributed by atoms with Crippen molar-refractivity contribution in [1.82, 2.24) is 18.7 Å². The van der Waals surface area contributed by atoms with Crippen LogP contribution in [0.15, 0.2) is 52.1 Å². The molecule has 0 aliphatic rings. The van der Waals surface area contributed by atoms with Crippen LogP contribution in [0, 0.1) is 11.6 Å². The Hall–Kier alpha value is -3.50. The number of fused-ring (bicyclic) bond motifs is 1. The number of aromatic nitrogens is 4. The van der Waals surface area contributed by atoms with E-state index in [-0.39, 0.29) is 49.0 Å². The third kappa shape index (κ3) is 4.53.